The highest BCUT2D eigenvalue weighted by molar-refractivity contribution is 5.70. The molecule has 0 aliphatic carbocycles. The van der Waals surface area contributed by atoms with Gasteiger partial charge in [-0.3, -0.25) is 4.68 Å². The molecule has 1 aromatic heterocycles. The number of nitrogens with zero attached hydrogens (tertiary/aromatic N) is 2. The van der Waals surface area contributed by atoms with Crippen LogP contribution in [-0.4, -0.2) is 14.9 Å². The van der Waals surface area contributed by atoms with Crippen molar-refractivity contribution in [1.29, 1.82) is 0 Å². The van der Waals surface area contributed by atoms with Gasteiger partial charge >= 0.3 is 6.18 Å². The maximum absolute atomic E-state index is 12.6. The minimum absolute atomic E-state index is 0.00266. The van der Waals surface area contributed by atoms with Crippen LogP contribution in [0, 0.1) is 0 Å². The third kappa shape index (κ3) is 1.99. The lowest BCUT2D eigenvalue weighted by Gasteiger charge is -2.10. The van der Waals surface area contributed by atoms with Gasteiger partial charge in [0.1, 0.15) is 11.6 Å². The number of aryl methyl sites for hydroxylation is 1. The SMILES string of the molecule is Cn1nc(-c2cccc(C(F)(F)F)c2O)cc1N. The van der Waals surface area contributed by atoms with E-state index in [1.807, 2.05) is 0 Å². The molecule has 4 nitrogen and oxygen atoms in total. The predicted molar refractivity (Wildman–Crippen MR) is 59.7 cm³/mol. The maximum atomic E-state index is 12.6. The Kier molecular flexibility index (Phi) is 2.68. The number of rotatable bonds is 1. The van der Waals surface area contributed by atoms with Gasteiger partial charge in [0.15, 0.2) is 0 Å². The zero-order chi connectivity index (χ0) is 13.5. The van der Waals surface area contributed by atoms with E-state index in [4.69, 9.17) is 5.73 Å². The van der Waals surface area contributed by atoms with Gasteiger partial charge in [-0.15, -0.1) is 0 Å². The van der Waals surface area contributed by atoms with Crippen molar-refractivity contribution in [3.8, 4) is 17.0 Å². The number of nitrogen functional groups attached to an aromatic ring is 1. The Morgan fingerprint density at radius 3 is 2.50 bits per heavy atom. The molecule has 0 unspecified atom stereocenters. The first-order valence-electron chi connectivity index (χ1n) is 5.00. The van der Waals surface area contributed by atoms with Crippen LogP contribution in [0.15, 0.2) is 24.3 Å². The van der Waals surface area contributed by atoms with E-state index in [1.165, 1.54) is 22.9 Å². The summed E-state index contributed by atoms with van der Waals surface area (Å²) in [5.74, 6) is -0.551. The molecule has 2 aromatic rings. The number of aromatic nitrogens is 2. The van der Waals surface area contributed by atoms with Crippen molar-refractivity contribution in [1.82, 2.24) is 9.78 Å². The number of benzene rings is 1. The van der Waals surface area contributed by atoms with E-state index in [0.29, 0.717) is 5.82 Å². The number of anilines is 1. The van der Waals surface area contributed by atoms with Gasteiger partial charge in [0.25, 0.3) is 0 Å². The number of aromatic hydroxyl groups is 1. The highest BCUT2D eigenvalue weighted by Gasteiger charge is 2.34. The minimum Gasteiger partial charge on any atom is -0.507 e. The van der Waals surface area contributed by atoms with Crippen LogP contribution in [0.1, 0.15) is 5.56 Å². The molecule has 7 heteroatoms. The maximum Gasteiger partial charge on any atom is 0.419 e. The molecule has 0 amide bonds. The molecule has 0 spiro atoms. The van der Waals surface area contributed by atoms with Crippen LogP contribution in [0.25, 0.3) is 11.3 Å². The molecule has 0 radical (unpaired) electrons. The van der Waals surface area contributed by atoms with Crippen molar-refractivity contribution in [2.75, 3.05) is 5.73 Å². The molecular weight excluding hydrogens is 247 g/mol. The number of nitrogens with two attached hydrogens (primary N) is 1. The van der Waals surface area contributed by atoms with Crippen molar-refractivity contribution in [2.45, 2.75) is 6.18 Å². The summed E-state index contributed by atoms with van der Waals surface area (Å²) in [4.78, 5) is 0. The summed E-state index contributed by atoms with van der Waals surface area (Å²) in [7, 11) is 1.56. The average molecular weight is 257 g/mol. The van der Waals surface area contributed by atoms with Crippen LogP contribution in [-0.2, 0) is 13.2 Å². The summed E-state index contributed by atoms with van der Waals surface area (Å²) >= 11 is 0. The lowest BCUT2D eigenvalue weighted by Crippen LogP contribution is -2.05. The number of hydrogen-bond acceptors (Lipinski definition) is 3. The molecule has 0 bridgehead atoms. The van der Waals surface area contributed by atoms with E-state index < -0.39 is 17.5 Å². The molecule has 18 heavy (non-hydrogen) atoms. The molecule has 1 heterocycles. The first kappa shape index (κ1) is 12.3. The normalized spacial score (nSPS) is 11.8. The molecule has 96 valence electrons. The molecule has 0 saturated carbocycles. The summed E-state index contributed by atoms with van der Waals surface area (Å²) in [5.41, 5.74) is 4.65. The molecule has 1 aromatic carbocycles. The first-order valence-corrected chi connectivity index (χ1v) is 5.00. The summed E-state index contributed by atoms with van der Waals surface area (Å²) in [6.45, 7) is 0. The largest absolute Gasteiger partial charge is 0.507 e. The molecule has 0 fully saturated rings. The fourth-order valence-electron chi connectivity index (χ4n) is 1.59. The highest BCUT2D eigenvalue weighted by atomic mass is 19.4. The minimum atomic E-state index is -4.61. The Morgan fingerprint density at radius 2 is 2.00 bits per heavy atom. The summed E-state index contributed by atoms with van der Waals surface area (Å²) in [6.07, 6.45) is -4.61. The molecule has 0 saturated heterocycles. The van der Waals surface area contributed by atoms with Crippen LogP contribution in [0.4, 0.5) is 19.0 Å². The van der Waals surface area contributed by atoms with Gasteiger partial charge in [-0.25, -0.2) is 0 Å². The van der Waals surface area contributed by atoms with E-state index in [0.717, 1.165) is 6.07 Å². The van der Waals surface area contributed by atoms with Gasteiger partial charge in [0.05, 0.1) is 11.3 Å². The zero-order valence-corrected chi connectivity index (χ0v) is 9.36. The lowest BCUT2D eigenvalue weighted by atomic mass is 10.1. The molecule has 2 rings (SSSR count). The second kappa shape index (κ2) is 3.94. The van der Waals surface area contributed by atoms with E-state index in [9.17, 15) is 18.3 Å². The number of hydrogen-bond donors (Lipinski definition) is 2. The van der Waals surface area contributed by atoms with Crippen LogP contribution >= 0.6 is 0 Å². The van der Waals surface area contributed by atoms with Crippen LogP contribution < -0.4 is 5.73 Å². The van der Waals surface area contributed by atoms with Gasteiger partial charge in [-0.05, 0) is 12.1 Å². The fraction of sp³-hybridized carbons (Fsp3) is 0.182. The lowest BCUT2D eigenvalue weighted by molar-refractivity contribution is -0.138. The van der Waals surface area contributed by atoms with Gasteiger partial charge in [0, 0.05) is 18.7 Å². The summed E-state index contributed by atoms with van der Waals surface area (Å²) < 4.78 is 39.2. The smallest absolute Gasteiger partial charge is 0.419 e. The van der Waals surface area contributed by atoms with Crippen LogP contribution in [0.3, 0.4) is 0 Å². The quantitative estimate of drug-likeness (QED) is 0.824. The summed E-state index contributed by atoms with van der Waals surface area (Å²) in [5, 5.41) is 13.6. The monoisotopic (exact) mass is 257 g/mol. The Hall–Kier alpha value is -2.18. The van der Waals surface area contributed by atoms with Crippen molar-refractivity contribution >= 4 is 5.82 Å². The zero-order valence-electron chi connectivity index (χ0n) is 9.36. The fourth-order valence-corrected chi connectivity index (χ4v) is 1.59. The van der Waals surface area contributed by atoms with Crippen LogP contribution in [0.5, 0.6) is 5.75 Å². The Labute approximate surface area is 100 Å². The van der Waals surface area contributed by atoms with Crippen molar-refractivity contribution in [3.63, 3.8) is 0 Å². The van der Waals surface area contributed by atoms with Gasteiger partial charge in [-0.1, -0.05) is 6.07 Å². The van der Waals surface area contributed by atoms with E-state index in [2.05, 4.69) is 5.10 Å². The Morgan fingerprint density at radius 1 is 1.33 bits per heavy atom. The molecule has 3 N–H and O–H groups in total. The second-order valence-corrected chi connectivity index (χ2v) is 3.78. The van der Waals surface area contributed by atoms with E-state index in [1.54, 1.807) is 7.05 Å². The van der Waals surface area contributed by atoms with E-state index >= 15 is 0 Å². The molecule has 0 aliphatic heterocycles. The topological polar surface area (TPSA) is 64.1 Å². The van der Waals surface area contributed by atoms with Crippen molar-refractivity contribution in [2.24, 2.45) is 7.05 Å². The van der Waals surface area contributed by atoms with Gasteiger partial charge in [0.2, 0.25) is 0 Å². The standard InChI is InChI=1S/C11H10F3N3O/c1-17-9(15)5-8(16-17)6-3-2-4-7(10(6)18)11(12,13)14/h2-5,18H,15H2,1H3. The molecule has 0 aliphatic rings. The average Bonchev–Trinajstić information content (AvgIpc) is 2.57. The third-order valence-corrected chi connectivity index (χ3v) is 2.53. The Bertz CT molecular complexity index is 570. The van der Waals surface area contributed by atoms with E-state index in [-0.39, 0.29) is 11.3 Å². The number of para-hydroxylation sites is 1. The second-order valence-electron chi connectivity index (χ2n) is 3.78. The van der Waals surface area contributed by atoms with Gasteiger partial charge in [-0.2, -0.15) is 18.3 Å². The highest BCUT2D eigenvalue weighted by Crippen LogP contribution is 2.40. The van der Waals surface area contributed by atoms with Crippen molar-refractivity contribution < 1.29 is 18.3 Å². The first-order chi connectivity index (χ1) is 8.30. The summed E-state index contributed by atoms with van der Waals surface area (Å²) in [6, 6.07) is 4.77. The van der Waals surface area contributed by atoms with Crippen LogP contribution in [0.2, 0.25) is 0 Å². The third-order valence-electron chi connectivity index (χ3n) is 2.53. The predicted octanol–water partition coefficient (Wildman–Crippen LogP) is 2.39. The van der Waals surface area contributed by atoms with Crippen molar-refractivity contribution in [3.05, 3.63) is 29.8 Å². The van der Waals surface area contributed by atoms with Gasteiger partial charge < -0.3 is 10.8 Å². The molecule has 0 atom stereocenters. The number of alkyl halides is 3. The Balaban J connectivity index is 2.59. The number of phenols is 1. The number of phenolic OH excluding ortho intramolecular Hbond substituents is 1. The number of halogens is 3. The molecular formula is C11H10F3N3O.